The first kappa shape index (κ1) is 18.1. The number of carbonyl (C=O) groups is 1. The number of aromatic nitrogens is 3. The molecule has 1 unspecified atom stereocenters. The Morgan fingerprint density at radius 2 is 2.11 bits per heavy atom. The van der Waals surface area contributed by atoms with E-state index in [1.54, 1.807) is 41.2 Å². The Hall–Kier alpha value is -2.30. The Balaban J connectivity index is 1.51. The standard InChI is InChI=1S/C17H19N5O3S2/c1-12-4-5-16(26-12)27(24,25)21-10-2-3-13(11-21)17(23)20-15-6-8-18-14-7-9-19-22(14)15/h4-9,13H,2-3,10-11H2,1H3,(H,20,23). The molecule has 0 spiro atoms. The normalized spacial score (nSPS) is 18.6. The maximum absolute atomic E-state index is 12.8. The summed E-state index contributed by atoms with van der Waals surface area (Å²) in [6, 6.07) is 6.84. The molecular weight excluding hydrogens is 386 g/mol. The van der Waals surface area contributed by atoms with Gasteiger partial charge in [-0.3, -0.25) is 4.79 Å². The fourth-order valence-electron chi connectivity index (χ4n) is 3.21. The molecule has 142 valence electrons. The van der Waals surface area contributed by atoms with E-state index in [0.29, 0.717) is 35.1 Å². The Kier molecular flexibility index (Phi) is 4.70. The quantitative estimate of drug-likeness (QED) is 0.717. The molecule has 1 N–H and O–H groups in total. The Morgan fingerprint density at radius 1 is 1.26 bits per heavy atom. The van der Waals surface area contributed by atoms with Crippen LogP contribution in [0.5, 0.6) is 0 Å². The van der Waals surface area contributed by atoms with Crippen LogP contribution in [-0.4, -0.2) is 46.3 Å². The summed E-state index contributed by atoms with van der Waals surface area (Å²) in [6.45, 7) is 2.49. The van der Waals surface area contributed by atoms with Gasteiger partial charge in [0.1, 0.15) is 10.0 Å². The minimum absolute atomic E-state index is 0.179. The average molecular weight is 406 g/mol. The fraction of sp³-hybridized carbons (Fsp3) is 0.353. The lowest BCUT2D eigenvalue weighted by molar-refractivity contribution is -0.120. The Bertz CT molecular complexity index is 1090. The van der Waals surface area contributed by atoms with E-state index in [9.17, 15) is 13.2 Å². The van der Waals surface area contributed by atoms with Gasteiger partial charge in [-0.2, -0.15) is 13.9 Å². The molecule has 1 atom stereocenters. The molecule has 0 radical (unpaired) electrons. The summed E-state index contributed by atoms with van der Waals surface area (Å²) in [5.74, 6) is -0.0996. The molecule has 0 aromatic carbocycles. The number of piperidine rings is 1. The lowest BCUT2D eigenvalue weighted by Gasteiger charge is -2.30. The van der Waals surface area contributed by atoms with E-state index in [1.807, 2.05) is 6.92 Å². The van der Waals surface area contributed by atoms with Gasteiger partial charge in [-0.1, -0.05) is 0 Å². The second-order valence-electron chi connectivity index (χ2n) is 6.49. The molecular formula is C17H19N5O3S2. The fourth-order valence-corrected chi connectivity index (χ4v) is 6.17. The minimum atomic E-state index is -3.56. The number of nitrogens with one attached hydrogen (secondary N) is 1. The second-order valence-corrected chi connectivity index (χ2v) is 9.94. The first-order valence-electron chi connectivity index (χ1n) is 8.61. The monoisotopic (exact) mass is 405 g/mol. The molecule has 27 heavy (non-hydrogen) atoms. The molecule has 1 aliphatic rings. The molecule has 1 amide bonds. The third-order valence-corrected chi connectivity index (χ3v) is 7.94. The van der Waals surface area contributed by atoms with Crippen LogP contribution in [0.2, 0.25) is 0 Å². The van der Waals surface area contributed by atoms with Crippen LogP contribution in [0.15, 0.2) is 40.9 Å². The van der Waals surface area contributed by atoms with Crippen LogP contribution < -0.4 is 5.32 Å². The highest BCUT2D eigenvalue weighted by molar-refractivity contribution is 7.91. The van der Waals surface area contributed by atoms with Crippen LogP contribution in [-0.2, 0) is 14.8 Å². The number of rotatable bonds is 4. The molecule has 10 heteroatoms. The van der Waals surface area contributed by atoms with E-state index in [4.69, 9.17) is 0 Å². The van der Waals surface area contributed by atoms with Crippen LogP contribution in [0.3, 0.4) is 0 Å². The molecule has 1 saturated heterocycles. The van der Waals surface area contributed by atoms with Crippen molar-refractivity contribution in [1.82, 2.24) is 18.9 Å². The van der Waals surface area contributed by atoms with Crippen LogP contribution in [0.4, 0.5) is 5.82 Å². The molecule has 1 fully saturated rings. The van der Waals surface area contributed by atoms with Gasteiger partial charge in [0, 0.05) is 30.2 Å². The van der Waals surface area contributed by atoms with Gasteiger partial charge in [-0.05, 0) is 38.0 Å². The summed E-state index contributed by atoms with van der Waals surface area (Å²) in [6.07, 6.45) is 4.50. The summed E-state index contributed by atoms with van der Waals surface area (Å²) >= 11 is 1.25. The van der Waals surface area contributed by atoms with Crippen molar-refractivity contribution in [2.45, 2.75) is 24.0 Å². The Labute approximate surface area is 160 Å². The number of anilines is 1. The van der Waals surface area contributed by atoms with Crippen LogP contribution in [0.1, 0.15) is 17.7 Å². The van der Waals surface area contributed by atoms with Gasteiger partial charge < -0.3 is 5.32 Å². The highest BCUT2D eigenvalue weighted by Crippen LogP contribution is 2.28. The van der Waals surface area contributed by atoms with Gasteiger partial charge in [-0.25, -0.2) is 13.4 Å². The number of hydrogen-bond acceptors (Lipinski definition) is 6. The van der Waals surface area contributed by atoms with Crippen molar-refractivity contribution in [2.75, 3.05) is 18.4 Å². The van der Waals surface area contributed by atoms with Crippen molar-refractivity contribution >= 4 is 38.7 Å². The van der Waals surface area contributed by atoms with Crippen molar-refractivity contribution in [3.05, 3.63) is 41.5 Å². The lowest BCUT2D eigenvalue weighted by Crippen LogP contribution is -2.43. The van der Waals surface area contributed by atoms with Crippen LogP contribution in [0.25, 0.3) is 5.65 Å². The van der Waals surface area contributed by atoms with E-state index in [-0.39, 0.29) is 12.5 Å². The van der Waals surface area contributed by atoms with E-state index in [0.717, 1.165) is 4.88 Å². The molecule has 0 aliphatic carbocycles. The smallest absolute Gasteiger partial charge is 0.252 e. The lowest BCUT2D eigenvalue weighted by atomic mass is 9.99. The summed E-state index contributed by atoms with van der Waals surface area (Å²) in [4.78, 5) is 17.9. The zero-order valence-corrected chi connectivity index (χ0v) is 16.3. The number of carbonyl (C=O) groups excluding carboxylic acids is 1. The SMILES string of the molecule is Cc1ccc(S(=O)(=O)N2CCCC(C(=O)Nc3ccnc4ccnn34)C2)s1. The number of fused-ring (bicyclic) bond motifs is 1. The Morgan fingerprint density at radius 3 is 2.89 bits per heavy atom. The highest BCUT2D eigenvalue weighted by Gasteiger charge is 2.34. The van der Waals surface area contributed by atoms with E-state index < -0.39 is 15.9 Å². The molecule has 8 nitrogen and oxygen atoms in total. The number of aryl methyl sites for hydroxylation is 1. The molecule has 0 saturated carbocycles. The van der Waals surface area contributed by atoms with Gasteiger partial charge in [0.15, 0.2) is 5.65 Å². The predicted molar refractivity (Wildman–Crippen MR) is 102 cm³/mol. The zero-order valence-electron chi connectivity index (χ0n) is 14.7. The maximum Gasteiger partial charge on any atom is 0.252 e. The number of sulfonamides is 1. The predicted octanol–water partition coefficient (Wildman–Crippen LogP) is 2.14. The van der Waals surface area contributed by atoms with Crippen molar-refractivity contribution in [3.8, 4) is 0 Å². The van der Waals surface area contributed by atoms with Crippen molar-refractivity contribution in [2.24, 2.45) is 5.92 Å². The molecule has 3 aromatic heterocycles. The van der Waals surface area contributed by atoms with Gasteiger partial charge >= 0.3 is 0 Å². The number of thiophene rings is 1. The van der Waals surface area contributed by atoms with Crippen molar-refractivity contribution in [1.29, 1.82) is 0 Å². The third kappa shape index (κ3) is 3.47. The first-order chi connectivity index (χ1) is 12.9. The average Bonchev–Trinajstić information content (AvgIpc) is 3.31. The van der Waals surface area contributed by atoms with Crippen molar-refractivity contribution in [3.63, 3.8) is 0 Å². The highest BCUT2D eigenvalue weighted by atomic mass is 32.2. The van der Waals surface area contributed by atoms with Gasteiger partial charge in [0.05, 0.1) is 12.1 Å². The molecule has 1 aliphatic heterocycles. The molecule has 0 bridgehead atoms. The summed E-state index contributed by atoms with van der Waals surface area (Å²) in [5.41, 5.74) is 0.633. The first-order valence-corrected chi connectivity index (χ1v) is 10.9. The topological polar surface area (TPSA) is 96.7 Å². The van der Waals surface area contributed by atoms with Crippen LogP contribution in [0, 0.1) is 12.8 Å². The number of nitrogens with zero attached hydrogens (tertiary/aromatic N) is 4. The molecule has 4 heterocycles. The summed E-state index contributed by atoms with van der Waals surface area (Å²) in [5, 5.41) is 7.01. The van der Waals surface area contributed by atoms with E-state index in [2.05, 4.69) is 15.4 Å². The summed E-state index contributed by atoms with van der Waals surface area (Å²) < 4.78 is 29.0. The summed E-state index contributed by atoms with van der Waals surface area (Å²) in [7, 11) is -3.56. The minimum Gasteiger partial charge on any atom is -0.310 e. The van der Waals surface area contributed by atoms with E-state index >= 15 is 0 Å². The van der Waals surface area contributed by atoms with Crippen LogP contribution >= 0.6 is 11.3 Å². The molecule has 4 rings (SSSR count). The second kappa shape index (κ2) is 7.02. The third-order valence-electron chi connectivity index (χ3n) is 4.61. The van der Waals surface area contributed by atoms with Crippen molar-refractivity contribution < 1.29 is 13.2 Å². The van der Waals surface area contributed by atoms with Gasteiger partial charge in [0.2, 0.25) is 5.91 Å². The number of hydrogen-bond donors (Lipinski definition) is 1. The van der Waals surface area contributed by atoms with E-state index in [1.165, 1.54) is 15.6 Å². The molecule has 3 aromatic rings. The number of amides is 1. The van der Waals surface area contributed by atoms with Gasteiger partial charge in [-0.15, -0.1) is 11.3 Å². The largest absolute Gasteiger partial charge is 0.310 e. The zero-order chi connectivity index (χ0) is 19.0. The van der Waals surface area contributed by atoms with Gasteiger partial charge in [0.25, 0.3) is 10.0 Å². The maximum atomic E-state index is 12.8.